The summed E-state index contributed by atoms with van der Waals surface area (Å²) in [6, 6.07) is 0. The summed E-state index contributed by atoms with van der Waals surface area (Å²) in [6.45, 7) is 5.99. The Bertz CT molecular complexity index is 258. The van der Waals surface area contributed by atoms with E-state index in [1.54, 1.807) is 0 Å². The maximum atomic E-state index is 12.0. The van der Waals surface area contributed by atoms with E-state index in [1.807, 2.05) is 13.8 Å². The highest BCUT2D eigenvalue weighted by Gasteiger charge is 2.37. The van der Waals surface area contributed by atoms with Gasteiger partial charge in [-0.25, -0.2) is 0 Å². The van der Waals surface area contributed by atoms with Crippen LogP contribution in [0.15, 0.2) is 0 Å². The number of carbonyl (C=O) groups is 1. The predicted octanol–water partition coefficient (Wildman–Crippen LogP) is 1.76. The van der Waals surface area contributed by atoms with Gasteiger partial charge in [0.2, 0.25) is 5.91 Å². The molecule has 2 fully saturated rings. The van der Waals surface area contributed by atoms with E-state index in [2.05, 4.69) is 4.90 Å². The number of carbonyl (C=O) groups excluding carboxylic acids is 1. The maximum absolute atomic E-state index is 12.0. The molecule has 3 heteroatoms. The van der Waals surface area contributed by atoms with Gasteiger partial charge in [0.1, 0.15) is 0 Å². The van der Waals surface area contributed by atoms with E-state index < -0.39 is 0 Å². The van der Waals surface area contributed by atoms with Crippen molar-refractivity contribution < 1.29 is 4.79 Å². The van der Waals surface area contributed by atoms with Crippen LogP contribution in [0.5, 0.6) is 0 Å². The minimum atomic E-state index is -0.217. The third kappa shape index (κ3) is 2.76. The van der Waals surface area contributed by atoms with Crippen molar-refractivity contribution in [3.8, 4) is 0 Å². The van der Waals surface area contributed by atoms with Crippen LogP contribution in [0.25, 0.3) is 0 Å². The van der Waals surface area contributed by atoms with Crippen molar-refractivity contribution in [2.45, 2.75) is 51.5 Å². The zero-order valence-corrected chi connectivity index (χ0v) is 10.5. The largest absolute Gasteiger partial charge is 0.342 e. The van der Waals surface area contributed by atoms with Crippen molar-refractivity contribution in [2.75, 3.05) is 13.1 Å². The van der Waals surface area contributed by atoms with Crippen molar-refractivity contribution in [3.05, 3.63) is 0 Å². The van der Waals surface area contributed by atoms with Crippen LogP contribution in [-0.2, 0) is 4.79 Å². The second-order valence-corrected chi connectivity index (χ2v) is 6.24. The zero-order chi connectivity index (χ0) is 11.8. The first-order valence-corrected chi connectivity index (χ1v) is 6.52. The lowest BCUT2D eigenvalue weighted by atomic mass is 10.00. The molecule has 1 saturated heterocycles. The van der Waals surface area contributed by atoms with Crippen LogP contribution in [0, 0.1) is 11.8 Å². The van der Waals surface area contributed by atoms with Gasteiger partial charge in [0.05, 0.1) is 0 Å². The van der Waals surface area contributed by atoms with Crippen LogP contribution in [-0.4, -0.2) is 29.4 Å². The maximum Gasteiger partial charge on any atom is 0.222 e. The van der Waals surface area contributed by atoms with Crippen LogP contribution < -0.4 is 5.73 Å². The molecule has 2 atom stereocenters. The van der Waals surface area contributed by atoms with Gasteiger partial charge < -0.3 is 10.6 Å². The molecule has 16 heavy (non-hydrogen) atoms. The SMILES string of the molecule is CC(C)(N)CCC(=O)N1CC2CCCC2C1. The Morgan fingerprint density at radius 1 is 1.31 bits per heavy atom. The predicted molar refractivity (Wildman–Crippen MR) is 64.9 cm³/mol. The topological polar surface area (TPSA) is 46.3 Å². The third-order valence-electron chi connectivity index (χ3n) is 4.06. The van der Waals surface area contributed by atoms with E-state index in [9.17, 15) is 4.79 Å². The first-order valence-electron chi connectivity index (χ1n) is 6.52. The van der Waals surface area contributed by atoms with E-state index in [0.29, 0.717) is 12.3 Å². The molecule has 92 valence electrons. The molecule has 1 aliphatic heterocycles. The van der Waals surface area contributed by atoms with Crippen molar-refractivity contribution in [2.24, 2.45) is 17.6 Å². The zero-order valence-electron chi connectivity index (χ0n) is 10.5. The van der Waals surface area contributed by atoms with E-state index in [0.717, 1.165) is 31.3 Å². The lowest BCUT2D eigenvalue weighted by molar-refractivity contribution is -0.130. The summed E-state index contributed by atoms with van der Waals surface area (Å²) in [7, 11) is 0. The Morgan fingerprint density at radius 3 is 2.38 bits per heavy atom. The summed E-state index contributed by atoms with van der Waals surface area (Å²) < 4.78 is 0. The number of likely N-dealkylation sites (tertiary alicyclic amines) is 1. The number of nitrogens with two attached hydrogens (primary N) is 1. The van der Waals surface area contributed by atoms with Crippen molar-refractivity contribution >= 4 is 5.91 Å². The molecular weight excluding hydrogens is 200 g/mol. The molecule has 1 heterocycles. The molecule has 3 nitrogen and oxygen atoms in total. The molecule has 0 spiro atoms. The Morgan fingerprint density at radius 2 is 1.88 bits per heavy atom. The summed E-state index contributed by atoms with van der Waals surface area (Å²) in [5.41, 5.74) is 5.69. The molecule has 2 unspecified atom stereocenters. The van der Waals surface area contributed by atoms with Crippen LogP contribution in [0.4, 0.5) is 0 Å². The van der Waals surface area contributed by atoms with E-state index in [-0.39, 0.29) is 5.54 Å². The minimum absolute atomic E-state index is 0.217. The molecule has 1 aliphatic carbocycles. The Balaban J connectivity index is 1.79. The number of hydrogen-bond acceptors (Lipinski definition) is 2. The smallest absolute Gasteiger partial charge is 0.222 e. The monoisotopic (exact) mass is 224 g/mol. The number of nitrogens with zero attached hydrogens (tertiary/aromatic N) is 1. The number of hydrogen-bond donors (Lipinski definition) is 1. The number of amides is 1. The quantitative estimate of drug-likeness (QED) is 0.794. The third-order valence-corrected chi connectivity index (χ3v) is 4.06. The second kappa shape index (κ2) is 4.36. The summed E-state index contributed by atoms with van der Waals surface area (Å²) in [4.78, 5) is 14.1. The van der Waals surface area contributed by atoms with Gasteiger partial charge in [-0.3, -0.25) is 4.79 Å². The summed E-state index contributed by atoms with van der Waals surface area (Å²) in [5, 5.41) is 0. The van der Waals surface area contributed by atoms with Gasteiger partial charge in [-0.1, -0.05) is 6.42 Å². The molecule has 0 radical (unpaired) electrons. The standard InChI is InChI=1S/C13H24N2O/c1-13(2,14)7-6-12(16)15-8-10-4-3-5-11(10)9-15/h10-11H,3-9,14H2,1-2H3. The van der Waals surface area contributed by atoms with Crippen LogP contribution >= 0.6 is 0 Å². The average molecular weight is 224 g/mol. The first kappa shape index (κ1) is 11.9. The molecule has 2 aliphatic rings. The molecule has 2 N–H and O–H groups in total. The van der Waals surface area contributed by atoms with Crippen LogP contribution in [0.3, 0.4) is 0 Å². The molecule has 0 aromatic heterocycles. The van der Waals surface area contributed by atoms with Crippen molar-refractivity contribution in [1.82, 2.24) is 4.90 Å². The van der Waals surface area contributed by atoms with Gasteiger partial charge in [-0.05, 0) is 44.9 Å². The average Bonchev–Trinajstić information content (AvgIpc) is 2.71. The van der Waals surface area contributed by atoms with Crippen molar-refractivity contribution in [3.63, 3.8) is 0 Å². The number of rotatable bonds is 3. The fraction of sp³-hybridized carbons (Fsp3) is 0.923. The highest BCUT2D eigenvalue weighted by Crippen LogP contribution is 2.37. The second-order valence-electron chi connectivity index (χ2n) is 6.24. The van der Waals surface area contributed by atoms with E-state index in [4.69, 9.17) is 5.73 Å². The van der Waals surface area contributed by atoms with Gasteiger partial charge >= 0.3 is 0 Å². The fourth-order valence-electron chi connectivity index (χ4n) is 3.03. The Labute approximate surface area is 98.4 Å². The van der Waals surface area contributed by atoms with E-state index >= 15 is 0 Å². The first-order chi connectivity index (χ1) is 7.46. The summed E-state index contributed by atoms with van der Waals surface area (Å²) in [5.74, 6) is 1.91. The molecule has 1 saturated carbocycles. The molecule has 0 bridgehead atoms. The fourth-order valence-corrected chi connectivity index (χ4v) is 3.03. The molecule has 1 amide bonds. The number of fused-ring (bicyclic) bond motifs is 1. The van der Waals surface area contributed by atoms with Gasteiger partial charge in [0.15, 0.2) is 0 Å². The van der Waals surface area contributed by atoms with E-state index in [1.165, 1.54) is 19.3 Å². The molecule has 0 aromatic rings. The highest BCUT2D eigenvalue weighted by molar-refractivity contribution is 5.76. The van der Waals surface area contributed by atoms with Crippen LogP contribution in [0.2, 0.25) is 0 Å². The normalized spacial score (nSPS) is 29.6. The summed E-state index contributed by atoms with van der Waals surface area (Å²) >= 11 is 0. The van der Waals surface area contributed by atoms with Gasteiger partial charge in [-0.15, -0.1) is 0 Å². The molecule has 0 aromatic carbocycles. The Hall–Kier alpha value is -0.570. The highest BCUT2D eigenvalue weighted by atomic mass is 16.2. The lowest BCUT2D eigenvalue weighted by Gasteiger charge is -2.21. The van der Waals surface area contributed by atoms with Gasteiger partial charge in [0.25, 0.3) is 0 Å². The van der Waals surface area contributed by atoms with Gasteiger partial charge in [0, 0.05) is 25.0 Å². The molecular formula is C13H24N2O. The van der Waals surface area contributed by atoms with Gasteiger partial charge in [-0.2, -0.15) is 0 Å². The summed E-state index contributed by atoms with van der Waals surface area (Å²) in [6.07, 6.45) is 5.43. The van der Waals surface area contributed by atoms with Crippen LogP contribution in [0.1, 0.15) is 46.0 Å². The molecule has 2 rings (SSSR count). The van der Waals surface area contributed by atoms with Crippen molar-refractivity contribution in [1.29, 1.82) is 0 Å². The minimum Gasteiger partial charge on any atom is -0.342 e. The lowest BCUT2D eigenvalue weighted by Crippen LogP contribution is -2.35. The Kier molecular flexibility index (Phi) is 3.24.